The van der Waals surface area contributed by atoms with Crippen LogP contribution in [0.25, 0.3) is 5.69 Å². The van der Waals surface area contributed by atoms with E-state index in [1.807, 2.05) is 41.8 Å². The summed E-state index contributed by atoms with van der Waals surface area (Å²) in [5.41, 5.74) is 1.98. The number of para-hydroxylation sites is 1. The van der Waals surface area contributed by atoms with Crippen molar-refractivity contribution in [1.29, 1.82) is 0 Å². The topological polar surface area (TPSA) is 59.8 Å². The number of aryl methyl sites for hydroxylation is 1. The Morgan fingerprint density at radius 2 is 1.96 bits per heavy atom. The molecule has 5 nitrogen and oxygen atoms in total. The van der Waals surface area contributed by atoms with Gasteiger partial charge in [-0.2, -0.15) is 0 Å². The number of aromatic nitrogens is 3. The van der Waals surface area contributed by atoms with Crippen LogP contribution >= 0.6 is 11.8 Å². The molecule has 2 aromatic carbocycles. The first kappa shape index (κ1) is 18.7. The van der Waals surface area contributed by atoms with Gasteiger partial charge >= 0.3 is 0 Å². The van der Waals surface area contributed by atoms with Gasteiger partial charge in [-0.3, -0.25) is 9.36 Å². The molecule has 4 rings (SSSR count). The van der Waals surface area contributed by atoms with Crippen LogP contribution in [0.4, 0.5) is 10.1 Å². The Hall–Kier alpha value is -2.67. The zero-order chi connectivity index (χ0) is 19.7. The Morgan fingerprint density at radius 3 is 2.64 bits per heavy atom. The lowest BCUT2D eigenvalue weighted by Crippen LogP contribution is -2.23. The van der Waals surface area contributed by atoms with Crippen LogP contribution in [0.2, 0.25) is 0 Å². The minimum atomic E-state index is -0.414. The number of carbonyl (C=O) groups excluding carboxylic acids is 1. The maximum atomic E-state index is 13.7. The average Bonchev–Trinajstić information content (AvgIpc) is 3.46. The van der Waals surface area contributed by atoms with Gasteiger partial charge in [0.05, 0.1) is 5.25 Å². The number of hydrogen-bond donors (Lipinski definition) is 1. The van der Waals surface area contributed by atoms with E-state index in [0.29, 0.717) is 22.3 Å². The number of nitrogens with one attached hydrogen (secondary N) is 1. The molecule has 1 N–H and O–H groups in total. The molecular weight excluding hydrogens is 375 g/mol. The van der Waals surface area contributed by atoms with E-state index in [1.165, 1.54) is 17.8 Å². The molecule has 1 aromatic heterocycles. The first-order valence-electron chi connectivity index (χ1n) is 9.27. The lowest BCUT2D eigenvalue weighted by atomic mass is 10.2. The molecule has 7 heteroatoms. The molecule has 1 aliphatic carbocycles. The monoisotopic (exact) mass is 396 g/mol. The lowest BCUT2D eigenvalue weighted by molar-refractivity contribution is -0.115. The summed E-state index contributed by atoms with van der Waals surface area (Å²) < 4.78 is 15.8. The van der Waals surface area contributed by atoms with Gasteiger partial charge in [0, 0.05) is 17.3 Å². The number of benzene rings is 2. The Bertz CT molecular complexity index is 1000. The number of rotatable bonds is 6. The fraction of sp³-hybridized carbons (Fsp3) is 0.286. The number of carbonyl (C=O) groups is 1. The van der Waals surface area contributed by atoms with Crippen LogP contribution in [-0.2, 0) is 4.79 Å². The largest absolute Gasteiger partial charge is 0.325 e. The smallest absolute Gasteiger partial charge is 0.237 e. The highest BCUT2D eigenvalue weighted by Gasteiger charge is 2.31. The van der Waals surface area contributed by atoms with Crippen molar-refractivity contribution in [1.82, 2.24) is 14.8 Å². The standard InChI is InChI=1S/C21H21FN4OS/c1-13-8-11-16(12-18(13)22)23-20(27)14(2)28-21-25-24-19(15-9-10-15)26(21)17-6-4-3-5-7-17/h3-8,11-12,14-15H,9-10H2,1-2H3,(H,23,27)/t14-/m1/s1. The quantitative estimate of drug-likeness (QED) is 0.613. The summed E-state index contributed by atoms with van der Waals surface area (Å²) in [5, 5.41) is 11.8. The molecule has 0 bridgehead atoms. The summed E-state index contributed by atoms with van der Waals surface area (Å²) in [5.74, 6) is 0.837. The summed E-state index contributed by atoms with van der Waals surface area (Å²) in [6, 6.07) is 14.6. The second-order valence-electron chi connectivity index (χ2n) is 7.00. The van der Waals surface area contributed by atoms with Crippen molar-refractivity contribution in [2.75, 3.05) is 5.32 Å². The maximum Gasteiger partial charge on any atom is 0.237 e. The van der Waals surface area contributed by atoms with Crippen LogP contribution in [0.15, 0.2) is 53.7 Å². The van der Waals surface area contributed by atoms with E-state index < -0.39 is 5.25 Å². The SMILES string of the molecule is Cc1ccc(NC(=O)[C@@H](C)Sc2nnc(C3CC3)n2-c2ccccc2)cc1F. The number of anilines is 1. The molecule has 0 saturated heterocycles. The number of amides is 1. The van der Waals surface area contributed by atoms with E-state index in [1.54, 1.807) is 19.1 Å². The zero-order valence-corrected chi connectivity index (χ0v) is 16.5. The second-order valence-corrected chi connectivity index (χ2v) is 8.31. The molecule has 0 aliphatic heterocycles. The minimum absolute atomic E-state index is 0.205. The first-order valence-corrected chi connectivity index (χ1v) is 10.2. The molecule has 28 heavy (non-hydrogen) atoms. The third kappa shape index (κ3) is 3.94. The lowest BCUT2D eigenvalue weighted by Gasteiger charge is -2.14. The molecule has 0 unspecified atom stereocenters. The molecule has 1 amide bonds. The van der Waals surface area contributed by atoms with Crippen molar-refractivity contribution in [2.24, 2.45) is 0 Å². The first-order chi connectivity index (χ1) is 13.5. The van der Waals surface area contributed by atoms with Gasteiger partial charge < -0.3 is 5.32 Å². The molecule has 1 saturated carbocycles. The predicted octanol–water partition coefficient (Wildman–Crippen LogP) is 4.71. The normalized spacial score (nSPS) is 14.7. The van der Waals surface area contributed by atoms with E-state index >= 15 is 0 Å². The zero-order valence-electron chi connectivity index (χ0n) is 15.7. The number of nitrogens with zero attached hydrogens (tertiary/aromatic N) is 3. The summed E-state index contributed by atoms with van der Waals surface area (Å²) >= 11 is 1.35. The fourth-order valence-corrected chi connectivity index (χ4v) is 3.78. The summed E-state index contributed by atoms with van der Waals surface area (Å²) in [7, 11) is 0. The number of hydrogen-bond acceptors (Lipinski definition) is 4. The highest BCUT2D eigenvalue weighted by Crippen LogP contribution is 2.41. The van der Waals surface area contributed by atoms with E-state index in [0.717, 1.165) is 24.4 Å². The van der Waals surface area contributed by atoms with Crippen LogP contribution < -0.4 is 5.32 Å². The molecule has 0 spiro atoms. The van der Waals surface area contributed by atoms with Crippen LogP contribution in [0.3, 0.4) is 0 Å². The third-order valence-corrected chi connectivity index (χ3v) is 5.75. The summed E-state index contributed by atoms with van der Waals surface area (Å²) in [4.78, 5) is 12.6. The fourth-order valence-electron chi connectivity index (χ4n) is 2.91. The Labute approximate surface area is 167 Å². The molecule has 1 heterocycles. The van der Waals surface area contributed by atoms with Gasteiger partial charge in [0.15, 0.2) is 5.16 Å². The molecule has 1 fully saturated rings. The molecule has 0 radical (unpaired) electrons. The highest BCUT2D eigenvalue weighted by atomic mass is 32.2. The molecule has 144 valence electrons. The average molecular weight is 396 g/mol. The number of thioether (sulfide) groups is 1. The van der Waals surface area contributed by atoms with Crippen molar-refractivity contribution in [3.63, 3.8) is 0 Å². The Morgan fingerprint density at radius 1 is 1.21 bits per heavy atom. The van der Waals surface area contributed by atoms with Crippen molar-refractivity contribution < 1.29 is 9.18 Å². The van der Waals surface area contributed by atoms with Gasteiger partial charge in [0.25, 0.3) is 0 Å². The maximum absolute atomic E-state index is 13.7. The molecule has 3 aromatic rings. The molecule has 1 aliphatic rings. The van der Waals surface area contributed by atoms with Crippen molar-refractivity contribution in [2.45, 2.75) is 43.0 Å². The van der Waals surface area contributed by atoms with Crippen LogP contribution in [0.1, 0.15) is 37.1 Å². The summed E-state index contributed by atoms with van der Waals surface area (Å²) in [6.45, 7) is 3.50. The van der Waals surface area contributed by atoms with Crippen molar-refractivity contribution in [3.8, 4) is 5.69 Å². The third-order valence-electron chi connectivity index (χ3n) is 4.71. The number of halogens is 1. The second kappa shape index (κ2) is 7.75. The van der Waals surface area contributed by atoms with Crippen LogP contribution in [-0.4, -0.2) is 25.9 Å². The van der Waals surface area contributed by atoms with Gasteiger partial charge in [-0.25, -0.2) is 4.39 Å². The highest BCUT2D eigenvalue weighted by molar-refractivity contribution is 8.00. The van der Waals surface area contributed by atoms with Gasteiger partial charge in [-0.15, -0.1) is 10.2 Å². The Balaban J connectivity index is 1.53. The molecule has 1 atom stereocenters. The van der Waals surface area contributed by atoms with E-state index in [4.69, 9.17) is 0 Å². The predicted molar refractivity (Wildman–Crippen MR) is 108 cm³/mol. The Kier molecular flexibility index (Phi) is 5.17. The van der Waals surface area contributed by atoms with Gasteiger partial charge in [0.2, 0.25) is 5.91 Å². The summed E-state index contributed by atoms with van der Waals surface area (Å²) in [6.07, 6.45) is 2.23. The van der Waals surface area contributed by atoms with E-state index in [2.05, 4.69) is 15.5 Å². The minimum Gasteiger partial charge on any atom is -0.325 e. The van der Waals surface area contributed by atoms with Crippen LogP contribution in [0.5, 0.6) is 0 Å². The van der Waals surface area contributed by atoms with E-state index in [-0.39, 0.29) is 11.7 Å². The molecular formula is C21H21FN4OS. The van der Waals surface area contributed by atoms with Crippen LogP contribution in [0, 0.1) is 12.7 Å². The van der Waals surface area contributed by atoms with Gasteiger partial charge in [-0.1, -0.05) is 36.0 Å². The van der Waals surface area contributed by atoms with E-state index in [9.17, 15) is 9.18 Å². The van der Waals surface area contributed by atoms with Crippen molar-refractivity contribution in [3.05, 3.63) is 65.7 Å². The van der Waals surface area contributed by atoms with Gasteiger partial charge in [0.1, 0.15) is 11.6 Å². The van der Waals surface area contributed by atoms with Crippen molar-refractivity contribution >= 4 is 23.4 Å². The van der Waals surface area contributed by atoms with Gasteiger partial charge in [-0.05, 0) is 56.5 Å².